The third-order valence-electron chi connectivity index (χ3n) is 3.94. The zero-order valence-corrected chi connectivity index (χ0v) is 17.7. The molecule has 2 rings (SSSR count). The summed E-state index contributed by atoms with van der Waals surface area (Å²) in [6, 6.07) is 10.9. The van der Waals surface area contributed by atoms with E-state index in [1.54, 1.807) is 31.2 Å². The van der Waals surface area contributed by atoms with Crippen LogP contribution >= 0.6 is 15.9 Å². The molecule has 1 atom stereocenters. The number of carboxylic acids is 1. The van der Waals surface area contributed by atoms with Crippen LogP contribution in [0.2, 0.25) is 0 Å². The SMILES string of the molecule is CCCC(Oc1cccc(C(=O)Nc2ccc(Br)cc2C(=O)O)c1)C(=O)OCC. The van der Waals surface area contributed by atoms with Gasteiger partial charge < -0.3 is 19.9 Å². The van der Waals surface area contributed by atoms with E-state index in [9.17, 15) is 19.5 Å². The van der Waals surface area contributed by atoms with Gasteiger partial charge in [-0.1, -0.05) is 35.3 Å². The second-order valence-electron chi connectivity index (χ2n) is 6.12. The molecule has 0 bridgehead atoms. The smallest absolute Gasteiger partial charge is 0.347 e. The molecule has 2 N–H and O–H groups in total. The maximum atomic E-state index is 12.6. The molecule has 0 saturated heterocycles. The van der Waals surface area contributed by atoms with Gasteiger partial charge >= 0.3 is 11.9 Å². The molecule has 154 valence electrons. The van der Waals surface area contributed by atoms with E-state index < -0.39 is 23.9 Å². The van der Waals surface area contributed by atoms with Gasteiger partial charge in [-0.2, -0.15) is 0 Å². The molecule has 2 aromatic carbocycles. The van der Waals surface area contributed by atoms with E-state index in [0.717, 1.165) is 6.42 Å². The minimum Gasteiger partial charge on any atom is -0.479 e. The fraction of sp³-hybridized carbons (Fsp3) is 0.286. The lowest BCUT2D eigenvalue weighted by Crippen LogP contribution is -2.29. The Kier molecular flexibility index (Phi) is 8.21. The standard InChI is InChI=1S/C21H22BrNO6/c1-3-6-18(21(27)28-4-2)29-15-8-5-7-13(11-15)19(24)23-17-10-9-14(22)12-16(17)20(25)26/h5,7-12,18H,3-4,6H2,1-2H3,(H,23,24)(H,25,26). The van der Waals surface area contributed by atoms with Crippen LogP contribution in [-0.2, 0) is 9.53 Å². The van der Waals surface area contributed by atoms with Crippen LogP contribution in [-0.4, -0.2) is 35.7 Å². The first-order chi connectivity index (χ1) is 13.8. The minimum atomic E-state index is -1.16. The zero-order valence-electron chi connectivity index (χ0n) is 16.1. The first-order valence-corrected chi connectivity index (χ1v) is 9.92. The molecule has 0 saturated carbocycles. The highest BCUT2D eigenvalue weighted by Gasteiger charge is 2.21. The number of nitrogens with one attached hydrogen (secondary N) is 1. The van der Waals surface area contributed by atoms with Crippen LogP contribution in [0.5, 0.6) is 5.75 Å². The Morgan fingerprint density at radius 3 is 2.55 bits per heavy atom. The topological polar surface area (TPSA) is 102 Å². The number of rotatable bonds is 9. The molecule has 8 heteroatoms. The van der Waals surface area contributed by atoms with Crippen molar-refractivity contribution in [2.75, 3.05) is 11.9 Å². The summed E-state index contributed by atoms with van der Waals surface area (Å²) in [6.45, 7) is 3.90. The molecule has 0 fully saturated rings. The highest BCUT2D eigenvalue weighted by molar-refractivity contribution is 9.10. The Morgan fingerprint density at radius 2 is 1.90 bits per heavy atom. The summed E-state index contributed by atoms with van der Waals surface area (Å²) in [5, 5.41) is 11.9. The van der Waals surface area contributed by atoms with Gasteiger partial charge in [-0.05, 0) is 49.7 Å². The van der Waals surface area contributed by atoms with Gasteiger partial charge in [0.1, 0.15) is 5.75 Å². The van der Waals surface area contributed by atoms with E-state index in [4.69, 9.17) is 9.47 Å². The summed E-state index contributed by atoms with van der Waals surface area (Å²) in [4.78, 5) is 36.1. The average molecular weight is 464 g/mol. The third-order valence-corrected chi connectivity index (χ3v) is 4.43. The molecular weight excluding hydrogens is 442 g/mol. The summed E-state index contributed by atoms with van der Waals surface area (Å²) < 4.78 is 11.3. The second kappa shape index (κ2) is 10.6. The van der Waals surface area contributed by atoms with Crippen molar-refractivity contribution in [1.29, 1.82) is 0 Å². The van der Waals surface area contributed by atoms with Gasteiger partial charge in [-0.25, -0.2) is 9.59 Å². The van der Waals surface area contributed by atoms with Crippen LogP contribution < -0.4 is 10.1 Å². The number of esters is 1. The fourth-order valence-electron chi connectivity index (χ4n) is 2.59. The molecule has 0 aromatic heterocycles. The Bertz CT molecular complexity index is 898. The lowest BCUT2D eigenvalue weighted by Gasteiger charge is -2.17. The van der Waals surface area contributed by atoms with Crippen LogP contribution in [0, 0.1) is 0 Å². The second-order valence-corrected chi connectivity index (χ2v) is 7.04. The van der Waals surface area contributed by atoms with Gasteiger partial charge in [0.25, 0.3) is 5.91 Å². The molecular formula is C21H22BrNO6. The Hall–Kier alpha value is -2.87. The summed E-state index contributed by atoms with van der Waals surface area (Å²) in [7, 11) is 0. The summed E-state index contributed by atoms with van der Waals surface area (Å²) in [6.07, 6.45) is 0.449. The van der Waals surface area contributed by atoms with E-state index >= 15 is 0 Å². The van der Waals surface area contributed by atoms with Crippen molar-refractivity contribution in [3.8, 4) is 5.75 Å². The molecule has 0 aliphatic rings. The predicted octanol–water partition coefficient (Wildman–Crippen LogP) is 4.51. The van der Waals surface area contributed by atoms with Crippen molar-refractivity contribution in [3.05, 3.63) is 58.1 Å². The summed E-state index contributed by atoms with van der Waals surface area (Å²) in [5.74, 6) is -1.76. The number of carbonyl (C=O) groups excluding carboxylic acids is 2. The monoisotopic (exact) mass is 463 g/mol. The molecule has 0 aliphatic heterocycles. The number of anilines is 1. The average Bonchev–Trinajstić information content (AvgIpc) is 2.69. The molecule has 0 radical (unpaired) electrons. The number of hydrogen-bond donors (Lipinski definition) is 2. The number of carbonyl (C=O) groups is 3. The third kappa shape index (κ3) is 6.32. The highest BCUT2D eigenvalue weighted by atomic mass is 79.9. The lowest BCUT2D eigenvalue weighted by molar-refractivity contribution is -0.151. The zero-order chi connectivity index (χ0) is 21.4. The predicted molar refractivity (Wildman–Crippen MR) is 111 cm³/mol. The minimum absolute atomic E-state index is 0.0366. The molecule has 1 amide bonds. The van der Waals surface area contributed by atoms with E-state index in [-0.39, 0.29) is 23.4 Å². The Morgan fingerprint density at radius 1 is 1.14 bits per heavy atom. The summed E-state index contributed by atoms with van der Waals surface area (Å²) >= 11 is 3.21. The van der Waals surface area contributed by atoms with E-state index in [2.05, 4.69) is 21.2 Å². The molecule has 2 aromatic rings. The van der Waals surface area contributed by atoms with Crippen LogP contribution in [0.25, 0.3) is 0 Å². The van der Waals surface area contributed by atoms with Crippen LogP contribution in [0.15, 0.2) is 46.9 Å². The quantitative estimate of drug-likeness (QED) is 0.530. The fourth-order valence-corrected chi connectivity index (χ4v) is 2.96. The number of benzene rings is 2. The number of hydrogen-bond acceptors (Lipinski definition) is 5. The molecule has 7 nitrogen and oxygen atoms in total. The molecule has 29 heavy (non-hydrogen) atoms. The van der Waals surface area contributed by atoms with Crippen LogP contribution in [0.1, 0.15) is 47.4 Å². The largest absolute Gasteiger partial charge is 0.479 e. The van der Waals surface area contributed by atoms with E-state index in [1.807, 2.05) is 6.92 Å². The van der Waals surface area contributed by atoms with Crippen molar-refractivity contribution in [2.45, 2.75) is 32.8 Å². The number of ether oxygens (including phenoxy) is 2. The molecule has 0 aliphatic carbocycles. The normalized spacial score (nSPS) is 11.4. The van der Waals surface area contributed by atoms with Crippen molar-refractivity contribution in [3.63, 3.8) is 0 Å². The first-order valence-electron chi connectivity index (χ1n) is 9.13. The van der Waals surface area contributed by atoms with Crippen molar-refractivity contribution in [1.82, 2.24) is 0 Å². The van der Waals surface area contributed by atoms with E-state index in [0.29, 0.717) is 16.6 Å². The number of halogens is 1. The maximum absolute atomic E-state index is 12.6. The Balaban J connectivity index is 2.19. The number of carboxylic acid groups (broad SMARTS) is 1. The van der Waals surface area contributed by atoms with Crippen LogP contribution in [0.3, 0.4) is 0 Å². The Labute approximate surface area is 177 Å². The molecule has 0 spiro atoms. The van der Waals surface area contributed by atoms with Crippen LogP contribution in [0.4, 0.5) is 5.69 Å². The van der Waals surface area contributed by atoms with Crippen molar-refractivity contribution in [2.24, 2.45) is 0 Å². The summed E-state index contributed by atoms with van der Waals surface area (Å²) in [5.41, 5.74) is 0.402. The number of amides is 1. The first kappa shape index (κ1) is 22.4. The van der Waals surface area contributed by atoms with Crippen molar-refractivity contribution < 1.29 is 29.0 Å². The maximum Gasteiger partial charge on any atom is 0.347 e. The van der Waals surface area contributed by atoms with E-state index in [1.165, 1.54) is 18.2 Å². The molecule has 0 heterocycles. The molecule has 1 unspecified atom stereocenters. The van der Waals surface area contributed by atoms with Gasteiger partial charge in [0, 0.05) is 10.0 Å². The number of aromatic carboxylic acids is 1. The van der Waals surface area contributed by atoms with Crippen molar-refractivity contribution >= 4 is 39.5 Å². The van der Waals surface area contributed by atoms with Gasteiger partial charge in [-0.15, -0.1) is 0 Å². The lowest BCUT2D eigenvalue weighted by atomic mass is 10.1. The highest BCUT2D eigenvalue weighted by Crippen LogP contribution is 2.23. The van der Waals surface area contributed by atoms with Gasteiger partial charge in [0.15, 0.2) is 6.10 Å². The van der Waals surface area contributed by atoms with Gasteiger partial charge in [-0.3, -0.25) is 4.79 Å². The van der Waals surface area contributed by atoms with Gasteiger partial charge in [0.05, 0.1) is 17.9 Å². The van der Waals surface area contributed by atoms with Gasteiger partial charge in [0.2, 0.25) is 0 Å².